The van der Waals surface area contributed by atoms with E-state index in [1.165, 1.54) is 19.3 Å². The van der Waals surface area contributed by atoms with E-state index in [0.717, 1.165) is 30.8 Å². The Kier molecular flexibility index (Phi) is 4.71. The van der Waals surface area contributed by atoms with Gasteiger partial charge in [0.1, 0.15) is 0 Å². The van der Waals surface area contributed by atoms with Crippen LogP contribution in [0.1, 0.15) is 42.5 Å². The summed E-state index contributed by atoms with van der Waals surface area (Å²) in [4.78, 5) is 29.4. The molecule has 0 aromatic carbocycles. The SMILES string of the molecule is Cc1cc(C)c(CNC(=O)N[C@@H]2CCN3CCCC[C@@H]23)c(=O)[nH]1. The summed E-state index contributed by atoms with van der Waals surface area (Å²) in [7, 11) is 0. The number of fused-ring (bicyclic) bond motifs is 1. The van der Waals surface area contributed by atoms with Crippen LogP contribution in [-0.2, 0) is 6.54 Å². The molecule has 2 fully saturated rings. The van der Waals surface area contributed by atoms with Crippen molar-refractivity contribution < 1.29 is 4.79 Å². The first kappa shape index (κ1) is 16.1. The summed E-state index contributed by atoms with van der Waals surface area (Å²) in [5.74, 6) is 0. The Labute approximate surface area is 136 Å². The van der Waals surface area contributed by atoms with Crippen LogP contribution in [0.2, 0.25) is 0 Å². The molecule has 23 heavy (non-hydrogen) atoms. The molecule has 0 radical (unpaired) electrons. The number of rotatable bonds is 3. The lowest BCUT2D eigenvalue weighted by Crippen LogP contribution is -2.49. The van der Waals surface area contributed by atoms with Crippen LogP contribution in [0.5, 0.6) is 0 Å². The Hall–Kier alpha value is -1.82. The number of urea groups is 1. The Morgan fingerprint density at radius 3 is 2.91 bits per heavy atom. The summed E-state index contributed by atoms with van der Waals surface area (Å²) >= 11 is 0. The Balaban J connectivity index is 1.55. The van der Waals surface area contributed by atoms with Gasteiger partial charge in [0.2, 0.25) is 0 Å². The topological polar surface area (TPSA) is 77.2 Å². The molecule has 1 aromatic rings. The maximum atomic E-state index is 12.2. The summed E-state index contributed by atoms with van der Waals surface area (Å²) < 4.78 is 0. The molecule has 1 aromatic heterocycles. The van der Waals surface area contributed by atoms with Gasteiger partial charge >= 0.3 is 6.03 Å². The number of pyridine rings is 1. The highest BCUT2D eigenvalue weighted by atomic mass is 16.2. The van der Waals surface area contributed by atoms with Crippen LogP contribution >= 0.6 is 0 Å². The Bertz CT molecular complexity index is 640. The van der Waals surface area contributed by atoms with Gasteiger partial charge in [0.05, 0.1) is 6.54 Å². The smallest absolute Gasteiger partial charge is 0.315 e. The lowest BCUT2D eigenvalue weighted by molar-refractivity contribution is 0.179. The normalized spacial score (nSPS) is 24.3. The fourth-order valence-corrected chi connectivity index (χ4v) is 3.91. The van der Waals surface area contributed by atoms with Crippen molar-refractivity contribution in [1.82, 2.24) is 20.5 Å². The number of H-pyrrole nitrogens is 1. The quantitative estimate of drug-likeness (QED) is 0.789. The molecule has 0 bridgehead atoms. The van der Waals surface area contributed by atoms with Crippen molar-refractivity contribution in [2.24, 2.45) is 0 Å². The van der Waals surface area contributed by atoms with Crippen molar-refractivity contribution in [2.75, 3.05) is 13.1 Å². The van der Waals surface area contributed by atoms with Crippen molar-refractivity contribution in [3.8, 4) is 0 Å². The highest BCUT2D eigenvalue weighted by Crippen LogP contribution is 2.26. The fraction of sp³-hybridized carbons (Fsp3) is 0.647. The third-order valence-electron chi connectivity index (χ3n) is 5.09. The van der Waals surface area contributed by atoms with E-state index in [1.807, 2.05) is 19.9 Å². The van der Waals surface area contributed by atoms with E-state index in [2.05, 4.69) is 20.5 Å². The molecule has 3 N–H and O–H groups in total. The predicted molar refractivity (Wildman–Crippen MR) is 89.5 cm³/mol. The minimum atomic E-state index is -0.179. The molecule has 126 valence electrons. The zero-order valence-corrected chi connectivity index (χ0v) is 13.9. The van der Waals surface area contributed by atoms with Crippen LogP contribution in [0.25, 0.3) is 0 Å². The zero-order chi connectivity index (χ0) is 16.4. The molecule has 2 atom stereocenters. The summed E-state index contributed by atoms with van der Waals surface area (Å²) in [6.07, 6.45) is 4.70. The average Bonchev–Trinajstić information content (AvgIpc) is 2.89. The molecule has 0 aliphatic carbocycles. The van der Waals surface area contributed by atoms with E-state index < -0.39 is 0 Å². The van der Waals surface area contributed by atoms with E-state index in [1.54, 1.807) is 0 Å². The third-order valence-corrected chi connectivity index (χ3v) is 5.09. The molecule has 2 amide bonds. The second-order valence-electron chi connectivity index (χ2n) is 6.76. The molecule has 0 saturated carbocycles. The molecule has 3 heterocycles. The van der Waals surface area contributed by atoms with Crippen molar-refractivity contribution in [3.05, 3.63) is 33.2 Å². The number of aromatic amines is 1. The Morgan fingerprint density at radius 1 is 1.30 bits per heavy atom. The maximum Gasteiger partial charge on any atom is 0.315 e. The molecular weight excluding hydrogens is 292 g/mol. The first-order valence-electron chi connectivity index (χ1n) is 8.52. The zero-order valence-electron chi connectivity index (χ0n) is 13.9. The van der Waals surface area contributed by atoms with Gasteiger partial charge in [0.25, 0.3) is 5.56 Å². The number of hydrogen-bond donors (Lipinski definition) is 3. The molecule has 3 rings (SSSR count). The van der Waals surface area contributed by atoms with Crippen LogP contribution in [0.3, 0.4) is 0 Å². The van der Waals surface area contributed by atoms with Crippen LogP contribution in [0, 0.1) is 13.8 Å². The first-order chi connectivity index (χ1) is 11.0. The number of nitrogens with one attached hydrogen (secondary N) is 3. The van der Waals surface area contributed by atoms with Gasteiger partial charge in [-0.15, -0.1) is 0 Å². The number of amides is 2. The van der Waals surface area contributed by atoms with Crippen LogP contribution in [0.15, 0.2) is 10.9 Å². The van der Waals surface area contributed by atoms with E-state index in [4.69, 9.17) is 0 Å². The van der Waals surface area contributed by atoms with Gasteiger partial charge in [0, 0.05) is 29.9 Å². The van der Waals surface area contributed by atoms with E-state index in [-0.39, 0.29) is 24.2 Å². The molecule has 2 saturated heterocycles. The number of hydrogen-bond acceptors (Lipinski definition) is 3. The number of aryl methyl sites for hydroxylation is 2. The molecule has 2 aliphatic heterocycles. The van der Waals surface area contributed by atoms with E-state index >= 15 is 0 Å². The number of nitrogens with zero attached hydrogens (tertiary/aromatic N) is 1. The molecule has 0 unspecified atom stereocenters. The molecule has 6 nitrogen and oxygen atoms in total. The lowest BCUT2D eigenvalue weighted by Gasteiger charge is -2.32. The van der Waals surface area contributed by atoms with Gasteiger partial charge in [-0.25, -0.2) is 4.79 Å². The fourth-order valence-electron chi connectivity index (χ4n) is 3.91. The summed E-state index contributed by atoms with van der Waals surface area (Å²) in [6, 6.07) is 2.46. The standard InChI is InChI=1S/C17H26N4O2/c1-11-9-12(2)19-16(22)13(11)10-18-17(23)20-14-6-8-21-7-4-3-5-15(14)21/h9,14-15H,3-8,10H2,1-2H3,(H,19,22)(H2,18,20,23)/t14-,15+/m1/s1. The summed E-state index contributed by atoms with van der Waals surface area (Å²) in [6.45, 7) is 6.24. The van der Waals surface area contributed by atoms with Crippen LogP contribution < -0.4 is 16.2 Å². The second-order valence-corrected chi connectivity index (χ2v) is 6.76. The summed E-state index contributed by atoms with van der Waals surface area (Å²) in [5, 5.41) is 5.93. The van der Waals surface area contributed by atoms with Gasteiger partial charge < -0.3 is 15.6 Å². The monoisotopic (exact) mass is 318 g/mol. The van der Waals surface area contributed by atoms with Gasteiger partial charge in [-0.1, -0.05) is 6.42 Å². The van der Waals surface area contributed by atoms with Crippen LogP contribution in [-0.4, -0.2) is 41.1 Å². The third kappa shape index (κ3) is 3.58. The van der Waals surface area contributed by atoms with Crippen molar-refractivity contribution in [3.63, 3.8) is 0 Å². The maximum absolute atomic E-state index is 12.2. The van der Waals surface area contributed by atoms with Gasteiger partial charge in [0.15, 0.2) is 0 Å². The van der Waals surface area contributed by atoms with Gasteiger partial charge in [-0.05, 0) is 51.3 Å². The van der Waals surface area contributed by atoms with Crippen LogP contribution in [0.4, 0.5) is 4.79 Å². The number of piperidine rings is 1. The minimum absolute atomic E-state index is 0.123. The van der Waals surface area contributed by atoms with E-state index in [9.17, 15) is 9.59 Å². The minimum Gasteiger partial charge on any atom is -0.334 e. The van der Waals surface area contributed by atoms with Crippen molar-refractivity contribution in [1.29, 1.82) is 0 Å². The van der Waals surface area contributed by atoms with Crippen molar-refractivity contribution >= 4 is 6.03 Å². The second kappa shape index (κ2) is 6.74. The largest absolute Gasteiger partial charge is 0.334 e. The van der Waals surface area contributed by atoms with Gasteiger partial charge in [-0.2, -0.15) is 0 Å². The first-order valence-corrected chi connectivity index (χ1v) is 8.52. The highest BCUT2D eigenvalue weighted by molar-refractivity contribution is 5.74. The molecule has 0 spiro atoms. The van der Waals surface area contributed by atoms with Gasteiger partial charge in [-0.3, -0.25) is 9.69 Å². The molecular formula is C17H26N4O2. The van der Waals surface area contributed by atoms with Crippen molar-refractivity contribution in [2.45, 2.75) is 58.2 Å². The molecule has 6 heteroatoms. The van der Waals surface area contributed by atoms with E-state index in [0.29, 0.717) is 11.6 Å². The Morgan fingerprint density at radius 2 is 2.13 bits per heavy atom. The number of carbonyl (C=O) groups is 1. The summed E-state index contributed by atoms with van der Waals surface area (Å²) in [5.41, 5.74) is 2.24. The number of carbonyl (C=O) groups excluding carboxylic acids is 1. The average molecular weight is 318 g/mol. The lowest BCUT2D eigenvalue weighted by atomic mass is 9.99. The molecule has 2 aliphatic rings. The number of aromatic nitrogens is 1. The highest BCUT2D eigenvalue weighted by Gasteiger charge is 2.36. The predicted octanol–water partition coefficient (Wildman–Crippen LogP) is 1.42.